The number of hydrogen-bond acceptors (Lipinski definition) is 3. The molecule has 5 nitrogen and oxygen atoms in total. The number of nitrogens with zero attached hydrogens (tertiary/aromatic N) is 3. The van der Waals surface area contributed by atoms with Crippen LogP contribution in [-0.2, 0) is 5.54 Å². The minimum absolute atomic E-state index is 0.124. The Balaban J connectivity index is 1.87. The lowest BCUT2D eigenvalue weighted by Gasteiger charge is -2.22. The molecule has 1 amide bonds. The van der Waals surface area contributed by atoms with E-state index in [1.165, 1.54) is 12.8 Å². The number of carbonyl (C=O) groups excluding carboxylic acids is 1. The van der Waals surface area contributed by atoms with Crippen LogP contribution in [0.1, 0.15) is 55.7 Å². The van der Waals surface area contributed by atoms with E-state index in [9.17, 15) is 4.79 Å². The highest BCUT2D eigenvalue weighted by molar-refractivity contribution is 6.02. The van der Waals surface area contributed by atoms with Crippen LogP contribution in [0.25, 0.3) is 0 Å². The van der Waals surface area contributed by atoms with Gasteiger partial charge in [0.15, 0.2) is 5.69 Å². The molecule has 0 aromatic carbocycles. The van der Waals surface area contributed by atoms with E-state index < -0.39 is 0 Å². The van der Waals surface area contributed by atoms with E-state index in [1.54, 1.807) is 12.3 Å². The van der Waals surface area contributed by atoms with Gasteiger partial charge in [0, 0.05) is 17.8 Å². The predicted octanol–water partition coefficient (Wildman–Crippen LogP) is 3.16. The average Bonchev–Trinajstić information content (AvgIpc) is 3.16. The summed E-state index contributed by atoms with van der Waals surface area (Å²) in [6.45, 7) is 6.31. The van der Waals surface area contributed by atoms with Gasteiger partial charge in [-0.05, 0) is 51.8 Å². The molecule has 110 valence electrons. The Labute approximate surface area is 124 Å². The van der Waals surface area contributed by atoms with E-state index in [0.717, 1.165) is 5.69 Å². The summed E-state index contributed by atoms with van der Waals surface area (Å²) < 4.78 is 1.98. The van der Waals surface area contributed by atoms with Crippen LogP contribution in [-0.4, -0.2) is 20.7 Å². The van der Waals surface area contributed by atoms with Gasteiger partial charge in [-0.25, -0.2) is 4.98 Å². The Hall–Kier alpha value is -2.17. The first-order valence-electron chi connectivity index (χ1n) is 7.28. The lowest BCUT2D eigenvalue weighted by Crippen LogP contribution is -2.25. The first-order chi connectivity index (χ1) is 9.95. The number of rotatable bonds is 3. The summed E-state index contributed by atoms with van der Waals surface area (Å²) in [5, 5.41) is 7.30. The van der Waals surface area contributed by atoms with Crippen molar-refractivity contribution < 1.29 is 4.79 Å². The number of anilines is 1. The fourth-order valence-electron chi connectivity index (χ4n) is 2.33. The Bertz CT molecular complexity index is 651. The summed E-state index contributed by atoms with van der Waals surface area (Å²) in [7, 11) is 0. The van der Waals surface area contributed by atoms with Crippen LogP contribution in [0.3, 0.4) is 0 Å². The average molecular weight is 284 g/mol. The predicted molar refractivity (Wildman–Crippen MR) is 81.4 cm³/mol. The van der Waals surface area contributed by atoms with Crippen molar-refractivity contribution in [3.63, 3.8) is 0 Å². The van der Waals surface area contributed by atoms with Gasteiger partial charge in [0.2, 0.25) is 0 Å². The minimum atomic E-state index is -0.210. The molecule has 0 saturated heterocycles. The van der Waals surface area contributed by atoms with Crippen molar-refractivity contribution in [2.75, 3.05) is 5.32 Å². The standard InChI is InChI=1S/C16H20N4O/c1-16(2,3)20-13(11-7-8-11)10-12(19-20)15(21)18-14-6-4-5-9-17-14/h4-6,9-11H,7-8H2,1-3H3,(H,17,18,21). The molecular formula is C16H20N4O. The highest BCUT2D eigenvalue weighted by atomic mass is 16.2. The molecule has 3 rings (SSSR count). The zero-order valence-electron chi connectivity index (χ0n) is 12.6. The van der Waals surface area contributed by atoms with Crippen molar-refractivity contribution >= 4 is 11.7 Å². The fraction of sp³-hybridized carbons (Fsp3) is 0.438. The van der Waals surface area contributed by atoms with Gasteiger partial charge in [0.25, 0.3) is 5.91 Å². The third-order valence-electron chi connectivity index (χ3n) is 3.51. The van der Waals surface area contributed by atoms with Gasteiger partial charge in [-0.1, -0.05) is 6.07 Å². The van der Waals surface area contributed by atoms with Crippen LogP contribution in [0.15, 0.2) is 30.5 Å². The largest absolute Gasteiger partial charge is 0.305 e. The third-order valence-corrected chi connectivity index (χ3v) is 3.51. The van der Waals surface area contributed by atoms with Crippen LogP contribution >= 0.6 is 0 Å². The minimum Gasteiger partial charge on any atom is -0.305 e. The van der Waals surface area contributed by atoms with Gasteiger partial charge >= 0.3 is 0 Å². The zero-order chi connectivity index (χ0) is 15.0. The molecule has 0 atom stereocenters. The smallest absolute Gasteiger partial charge is 0.277 e. The molecule has 0 unspecified atom stereocenters. The van der Waals surface area contributed by atoms with E-state index in [0.29, 0.717) is 17.4 Å². The Kier molecular flexibility index (Phi) is 3.27. The van der Waals surface area contributed by atoms with Gasteiger partial charge in [0.1, 0.15) is 5.82 Å². The van der Waals surface area contributed by atoms with E-state index in [2.05, 4.69) is 36.2 Å². The van der Waals surface area contributed by atoms with Crippen molar-refractivity contribution in [3.8, 4) is 0 Å². The Morgan fingerprint density at radius 1 is 1.33 bits per heavy atom. The maximum atomic E-state index is 12.3. The number of nitrogens with one attached hydrogen (secondary N) is 1. The van der Waals surface area contributed by atoms with E-state index in [-0.39, 0.29) is 11.4 Å². The number of amides is 1. The lowest BCUT2D eigenvalue weighted by molar-refractivity contribution is 0.102. The van der Waals surface area contributed by atoms with E-state index in [4.69, 9.17) is 0 Å². The Morgan fingerprint density at radius 2 is 2.10 bits per heavy atom. The normalized spacial score (nSPS) is 15.0. The van der Waals surface area contributed by atoms with Crippen LogP contribution in [0.5, 0.6) is 0 Å². The quantitative estimate of drug-likeness (QED) is 0.941. The molecule has 0 spiro atoms. The number of pyridine rings is 1. The molecule has 1 saturated carbocycles. The molecular weight excluding hydrogens is 264 g/mol. The number of carbonyl (C=O) groups is 1. The van der Waals surface area contributed by atoms with Gasteiger partial charge in [-0.15, -0.1) is 0 Å². The highest BCUT2D eigenvalue weighted by Gasteiger charge is 2.32. The summed E-state index contributed by atoms with van der Waals surface area (Å²) in [5.74, 6) is 0.882. The monoisotopic (exact) mass is 284 g/mol. The fourth-order valence-corrected chi connectivity index (χ4v) is 2.33. The van der Waals surface area contributed by atoms with Crippen LogP contribution in [0, 0.1) is 0 Å². The summed E-state index contributed by atoms with van der Waals surface area (Å²) in [4.78, 5) is 16.4. The van der Waals surface area contributed by atoms with Crippen molar-refractivity contribution in [2.45, 2.75) is 45.1 Å². The van der Waals surface area contributed by atoms with Gasteiger partial charge < -0.3 is 5.32 Å². The SMILES string of the molecule is CC(C)(C)n1nc(C(=O)Nc2ccccn2)cc1C1CC1. The molecule has 1 aliphatic carbocycles. The van der Waals surface area contributed by atoms with E-state index >= 15 is 0 Å². The van der Waals surface area contributed by atoms with Gasteiger partial charge in [-0.3, -0.25) is 9.48 Å². The first kappa shape index (κ1) is 13.8. The second-order valence-electron chi connectivity index (χ2n) is 6.48. The summed E-state index contributed by atoms with van der Waals surface area (Å²) in [6, 6.07) is 7.34. The molecule has 5 heteroatoms. The molecule has 0 aliphatic heterocycles. The molecule has 1 N–H and O–H groups in total. The molecule has 1 aliphatic rings. The van der Waals surface area contributed by atoms with Crippen molar-refractivity contribution in [2.24, 2.45) is 0 Å². The number of hydrogen-bond donors (Lipinski definition) is 1. The lowest BCUT2D eigenvalue weighted by atomic mass is 10.1. The highest BCUT2D eigenvalue weighted by Crippen LogP contribution is 2.41. The summed E-state index contributed by atoms with van der Waals surface area (Å²) >= 11 is 0. The van der Waals surface area contributed by atoms with Crippen molar-refractivity contribution in [3.05, 3.63) is 41.9 Å². The van der Waals surface area contributed by atoms with Gasteiger partial charge in [0.05, 0.1) is 5.54 Å². The number of aromatic nitrogens is 3. The zero-order valence-corrected chi connectivity index (χ0v) is 12.6. The van der Waals surface area contributed by atoms with E-state index in [1.807, 2.05) is 22.9 Å². The molecule has 0 bridgehead atoms. The first-order valence-corrected chi connectivity index (χ1v) is 7.28. The van der Waals surface area contributed by atoms with Crippen molar-refractivity contribution in [1.82, 2.24) is 14.8 Å². The topological polar surface area (TPSA) is 59.8 Å². The van der Waals surface area contributed by atoms with Gasteiger partial charge in [-0.2, -0.15) is 5.10 Å². The van der Waals surface area contributed by atoms with Crippen LogP contribution in [0.4, 0.5) is 5.82 Å². The maximum Gasteiger partial charge on any atom is 0.277 e. The third kappa shape index (κ3) is 2.96. The van der Waals surface area contributed by atoms with Crippen molar-refractivity contribution in [1.29, 1.82) is 0 Å². The molecule has 0 radical (unpaired) electrons. The summed E-state index contributed by atoms with van der Waals surface area (Å²) in [5.41, 5.74) is 1.49. The maximum absolute atomic E-state index is 12.3. The van der Waals surface area contributed by atoms with Crippen LogP contribution in [0.2, 0.25) is 0 Å². The molecule has 2 aromatic rings. The Morgan fingerprint density at radius 3 is 2.67 bits per heavy atom. The summed E-state index contributed by atoms with van der Waals surface area (Å²) in [6.07, 6.45) is 4.02. The van der Waals surface area contributed by atoms with Crippen LogP contribution < -0.4 is 5.32 Å². The molecule has 2 aromatic heterocycles. The molecule has 1 fully saturated rings. The molecule has 21 heavy (non-hydrogen) atoms. The molecule has 2 heterocycles. The second-order valence-corrected chi connectivity index (χ2v) is 6.48. The second kappa shape index (κ2) is 4.98.